The molecule has 0 N–H and O–H groups in total. The molecule has 2 aromatic carbocycles. The molecular weight excluding hydrogens is 348 g/mol. The molecule has 0 aliphatic rings. The molecule has 2 atom stereocenters. The number of ether oxygens (including phenoxy) is 5. The zero-order chi connectivity index (χ0) is 20.0. The van der Waals surface area contributed by atoms with Gasteiger partial charge in [0.2, 0.25) is 0 Å². The molecule has 0 radical (unpaired) electrons. The zero-order valence-electron chi connectivity index (χ0n) is 16.6. The number of benzene rings is 2. The van der Waals surface area contributed by atoms with Gasteiger partial charge in [-0.2, -0.15) is 0 Å². The van der Waals surface area contributed by atoms with E-state index in [1.807, 2.05) is 25.1 Å². The van der Waals surface area contributed by atoms with Crippen LogP contribution in [0.15, 0.2) is 30.3 Å². The summed E-state index contributed by atoms with van der Waals surface area (Å²) < 4.78 is 27.5. The molecule has 0 amide bonds. The van der Waals surface area contributed by atoms with Crippen molar-refractivity contribution in [1.29, 1.82) is 0 Å². The number of rotatable bonds is 9. The van der Waals surface area contributed by atoms with Gasteiger partial charge in [-0.05, 0) is 29.8 Å². The van der Waals surface area contributed by atoms with E-state index in [1.165, 1.54) is 0 Å². The van der Waals surface area contributed by atoms with Crippen molar-refractivity contribution in [3.05, 3.63) is 47.0 Å². The lowest BCUT2D eigenvalue weighted by Gasteiger charge is -2.26. The van der Waals surface area contributed by atoms with Gasteiger partial charge in [0, 0.05) is 24.2 Å². The summed E-state index contributed by atoms with van der Waals surface area (Å²) in [6.07, 6.45) is 0.487. The van der Waals surface area contributed by atoms with E-state index < -0.39 is 0 Å². The second kappa shape index (κ2) is 9.28. The van der Waals surface area contributed by atoms with Crippen molar-refractivity contribution in [3.8, 4) is 23.0 Å². The number of hydrogen-bond donors (Lipinski definition) is 0. The Balaban J connectivity index is 2.54. The molecule has 2 rings (SSSR count). The second-order valence-corrected chi connectivity index (χ2v) is 6.02. The van der Waals surface area contributed by atoms with Gasteiger partial charge < -0.3 is 23.7 Å². The maximum Gasteiger partial charge on any atom is 0.164 e. The molecule has 0 spiro atoms. The first-order valence-corrected chi connectivity index (χ1v) is 8.50. The highest BCUT2D eigenvalue weighted by molar-refractivity contribution is 5.77. The van der Waals surface area contributed by atoms with Crippen LogP contribution in [0.3, 0.4) is 0 Å². The van der Waals surface area contributed by atoms with Gasteiger partial charge in [0.25, 0.3) is 0 Å². The maximum absolute atomic E-state index is 11.4. The molecule has 0 saturated heterocycles. The van der Waals surface area contributed by atoms with Crippen LogP contribution in [0.1, 0.15) is 40.4 Å². The van der Waals surface area contributed by atoms with E-state index >= 15 is 0 Å². The fourth-order valence-corrected chi connectivity index (χ4v) is 3.24. The molecular formula is C21H26O6. The normalized spacial score (nSPS) is 12.8. The van der Waals surface area contributed by atoms with Crippen LogP contribution in [0.4, 0.5) is 0 Å². The lowest BCUT2D eigenvalue weighted by atomic mass is 9.88. The van der Waals surface area contributed by atoms with Gasteiger partial charge in [0.1, 0.15) is 6.29 Å². The second-order valence-electron chi connectivity index (χ2n) is 6.02. The molecule has 2 unspecified atom stereocenters. The zero-order valence-corrected chi connectivity index (χ0v) is 16.6. The van der Waals surface area contributed by atoms with E-state index in [-0.39, 0.29) is 12.0 Å². The van der Waals surface area contributed by atoms with Crippen molar-refractivity contribution < 1.29 is 28.5 Å². The van der Waals surface area contributed by atoms with Crippen LogP contribution >= 0.6 is 0 Å². The number of aldehydes is 1. The molecule has 0 saturated carbocycles. The smallest absolute Gasteiger partial charge is 0.164 e. The molecule has 0 aromatic heterocycles. The Bertz CT molecular complexity index is 786. The minimum Gasteiger partial charge on any atom is -0.493 e. The molecule has 0 aliphatic carbocycles. The topological polar surface area (TPSA) is 63.2 Å². The number of carbonyl (C=O) groups is 1. The van der Waals surface area contributed by atoms with Crippen molar-refractivity contribution in [2.75, 3.05) is 35.5 Å². The summed E-state index contributed by atoms with van der Waals surface area (Å²) >= 11 is 0. The third kappa shape index (κ3) is 4.17. The lowest BCUT2D eigenvalue weighted by molar-refractivity contribution is 0.0824. The van der Waals surface area contributed by atoms with Crippen molar-refractivity contribution in [3.63, 3.8) is 0 Å². The first-order chi connectivity index (χ1) is 13.0. The molecule has 0 bridgehead atoms. The van der Waals surface area contributed by atoms with E-state index in [4.69, 9.17) is 23.7 Å². The van der Waals surface area contributed by atoms with Gasteiger partial charge in [-0.25, -0.2) is 0 Å². The first kappa shape index (κ1) is 20.6. The quantitative estimate of drug-likeness (QED) is 0.618. The van der Waals surface area contributed by atoms with E-state index in [0.29, 0.717) is 28.6 Å². The molecule has 0 heterocycles. The Hall–Kier alpha value is -2.73. The van der Waals surface area contributed by atoms with Crippen molar-refractivity contribution >= 4 is 6.29 Å². The van der Waals surface area contributed by atoms with Gasteiger partial charge >= 0.3 is 0 Å². The van der Waals surface area contributed by atoms with Gasteiger partial charge in [-0.15, -0.1) is 0 Å². The Labute approximate surface area is 160 Å². The Morgan fingerprint density at radius 3 is 2.00 bits per heavy atom. The van der Waals surface area contributed by atoms with Crippen LogP contribution in [0.25, 0.3) is 0 Å². The van der Waals surface area contributed by atoms with E-state index in [9.17, 15) is 4.79 Å². The minimum absolute atomic E-state index is 0.128. The fraction of sp³-hybridized carbons (Fsp3) is 0.381. The van der Waals surface area contributed by atoms with Crippen LogP contribution in [-0.2, 0) is 4.74 Å². The molecule has 0 aliphatic heterocycles. The van der Waals surface area contributed by atoms with Crippen LogP contribution in [0.5, 0.6) is 23.0 Å². The van der Waals surface area contributed by atoms with Crippen LogP contribution in [-0.4, -0.2) is 41.8 Å². The van der Waals surface area contributed by atoms with E-state index in [2.05, 4.69) is 0 Å². The van der Waals surface area contributed by atoms with Gasteiger partial charge in [0.15, 0.2) is 23.0 Å². The predicted molar refractivity (Wildman–Crippen MR) is 103 cm³/mol. The third-order valence-electron chi connectivity index (χ3n) is 4.60. The SMILES string of the molecule is COc1ccc(C(OC)C(C)c2cc(C=O)cc(OC)c2OC)cc1OC. The molecule has 6 heteroatoms. The maximum atomic E-state index is 11.4. The van der Waals surface area contributed by atoms with Crippen molar-refractivity contribution in [2.24, 2.45) is 0 Å². The summed E-state index contributed by atoms with van der Waals surface area (Å²) in [6, 6.07) is 9.11. The molecule has 2 aromatic rings. The van der Waals surface area contributed by atoms with Crippen molar-refractivity contribution in [2.45, 2.75) is 18.9 Å². The Kier molecular flexibility index (Phi) is 7.07. The summed E-state index contributed by atoms with van der Waals surface area (Å²) in [6.45, 7) is 2.01. The lowest BCUT2D eigenvalue weighted by Crippen LogP contribution is -2.13. The summed E-state index contributed by atoms with van der Waals surface area (Å²) in [4.78, 5) is 11.4. The van der Waals surface area contributed by atoms with Gasteiger partial charge in [-0.3, -0.25) is 4.79 Å². The summed E-state index contributed by atoms with van der Waals surface area (Å²) in [5, 5.41) is 0. The van der Waals surface area contributed by atoms with Crippen LogP contribution < -0.4 is 18.9 Å². The average Bonchev–Trinajstić information content (AvgIpc) is 2.72. The number of carbonyl (C=O) groups excluding carboxylic acids is 1. The highest BCUT2D eigenvalue weighted by Crippen LogP contribution is 2.43. The molecule has 27 heavy (non-hydrogen) atoms. The Morgan fingerprint density at radius 2 is 1.48 bits per heavy atom. The van der Waals surface area contributed by atoms with Gasteiger partial charge in [-0.1, -0.05) is 13.0 Å². The summed E-state index contributed by atoms with van der Waals surface area (Å²) in [5.74, 6) is 2.22. The Morgan fingerprint density at radius 1 is 0.815 bits per heavy atom. The van der Waals surface area contributed by atoms with E-state index in [1.54, 1.807) is 47.7 Å². The number of methoxy groups -OCH3 is 5. The molecule has 6 nitrogen and oxygen atoms in total. The fourth-order valence-electron chi connectivity index (χ4n) is 3.24. The largest absolute Gasteiger partial charge is 0.493 e. The standard InChI is InChI=1S/C21H26O6/c1-13(16-9-14(12-22)10-19(25-4)21(16)27-6)20(26-5)15-7-8-17(23-2)18(11-15)24-3/h7-13,20H,1-6H3. The first-order valence-electron chi connectivity index (χ1n) is 8.50. The minimum atomic E-state index is -0.301. The highest BCUT2D eigenvalue weighted by Gasteiger charge is 2.27. The van der Waals surface area contributed by atoms with Crippen molar-refractivity contribution in [1.82, 2.24) is 0 Å². The molecule has 0 fully saturated rings. The number of hydrogen-bond acceptors (Lipinski definition) is 6. The molecule has 146 valence electrons. The average molecular weight is 374 g/mol. The van der Waals surface area contributed by atoms with Crippen LogP contribution in [0, 0.1) is 0 Å². The van der Waals surface area contributed by atoms with E-state index in [0.717, 1.165) is 17.4 Å². The monoisotopic (exact) mass is 374 g/mol. The van der Waals surface area contributed by atoms with Crippen LogP contribution in [0.2, 0.25) is 0 Å². The highest BCUT2D eigenvalue weighted by atomic mass is 16.5. The van der Waals surface area contributed by atoms with Gasteiger partial charge in [0.05, 0.1) is 34.5 Å². The summed E-state index contributed by atoms with van der Waals surface area (Å²) in [7, 11) is 7.95. The summed E-state index contributed by atoms with van der Waals surface area (Å²) in [5.41, 5.74) is 2.25. The predicted octanol–water partition coefficient (Wildman–Crippen LogP) is 4.02. The third-order valence-corrected chi connectivity index (χ3v) is 4.60.